The van der Waals surface area contributed by atoms with Crippen molar-refractivity contribution in [2.45, 2.75) is 6.42 Å². The van der Waals surface area contributed by atoms with Crippen molar-refractivity contribution in [3.05, 3.63) is 87.4 Å². The number of hydrogen-bond donors (Lipinski definition) is 1. The van der Waals surface area contributed by atoms with Crippen LogP contribution in [0.1, 0.15) is 16.0 Å². The van der Waals surface area contributed by atoms with Crippen LogP contribution in [0.4, 0.5) is 15.8 Å². The highest BCUT2D eigenvalue weighted by atomic mass is 32.1. The van der Waals surface area contributed by atoms with E-state index in [1.165, 1.54) is 33.7 Å². The highest BCUT2D eigenvalue weighted by Crippen LogP contribution is 2.41. The summed E-state index contributed by atoms with van der Waals surface area (Å²) in [4.78, 5) is 6.24. The minimum atomic E-state index is -0.227. The van der Waals surface area contributed by atoms with Gasteiger partial charge in [-0.05, 0) is 64.6 Å². The lowest BCUT2D eigenvalue weighted by molar-refractivity contribution is 0.628. The van der Waals surface area contributed by atoms with Gasteiger partial charge in [-0.25, -0.2) is 4.39 Å². The number of hydrogen-bond acceptors (Lipinski definition) is 3. The normalized spacial score (nSPS) is 15.2. The van der Waals surface area contributed by atoms with Gasteiger partial charge in [0.25, 0.3) is 0 Å². The molecule has 122 valence electrons. The lowest BCUT2D eigenvalue weighted by Crippen LogP contribution is -2.03. The summed E-state index contributed by atoms with van der Waals surface area (Å²) in [5.74, 6) is -0.227. The number of allylic oxidation sites excluding steroid dienone is 1. The first-order chi connectivity index (χ1) is 12.3. The predicted molar refractivity (Wildman–Crippen MR) is 102 cm³/mol. The van der Waals surface area contributed by atoms with Crippen LogP contribution >= 0.6 is 11.3 Å². The Morgan fingerprint density at radius 3 is 2.36 bits per heavy atom. The monoisotopic (exact) mass is 346 g/mol. The fourth-order valence-electron chi connectivity index (χ4n) is 3.51. The molecule has 1 N–H and O–H groups in total. The Kier molecular flexibility index (Phi) is 3.31. The first kappa shape index (κ1) is 14.6. The summed E-state index contributed by atoms with van der Waals surface area (Å²) in [6.07, 6.45) is 1.01. The zero-order valence-corrected chi connectivity index (χ0v) is 14.2. The van der Waals surface area contributed by atoms with Crippen molar-refractivity contribution in [2.24, 2.45) is 4.99 Å². The topological polar surface area (TPSA) is 24.4 Å². The molecule has 0 spiro atoms. The van der Waals surface area contributed by atoms with E-state index in [2.05, 4.69) is 28.9 Å². The Hall–Kier alpha value is -2.72. The van der Waals surface area contributed by atoms with Crippen LogP contribution in [0, 0.1) is 5.82 Å². The van der Waals surface area contributed by atoms with Gasteiger partial charge in [0.05, 0.1) is 12.3 Å². The maximum Gasteiger partial charge on any atom is 0.123 e. The van der Waals surface area contributed by atoms with Gasteiger partial charge in [-0.3, -0.25) is 4.99 Å². The summed E-state index contributed by atoms with van der Waals surface area (Å²) in [5, 5.41) is 5.46. The predicted octanol–water partition coefficient (Wildman–Crippen LogP) is 5.44. The van der Waals surface area contributed by atoms with Crippen LogP contribution in [0.5, 0.6) is 0 Å². The number of nitrogens with one attached hydrogen (secondary N) is 1. The molecular formula is C21H15FN2S. The molecule has 2 nitrogen and oxygen atoms in total. The standard InChI is InChI=1S/C21H15FN2S/c22-14-3-7-16(8-4-14)24-15-5-1-13(2-6-15)21-18-11-20-17(9-10-25-20)19(18)12-23-21/h1-10,24H,11-12H2. The zero-order chi connectivity index (χ0) is 16.8. The lowest BCUT2D eigenvalue weighted by Gasteiger charge is -2.09. The number of nitrogens with zero attached hydrogens (tertiary/aromatic N) is 1. The molecule has 5 rings (SSSR count). The molecule has 0 radical (unpaired) electrons. The van der Waals surface area contributed by atoms with E-state index in [1.807, 2.05) is 23.5 Å². The van der Waals surface area contributed by atoms with Crippen LogP contribution < -0.4 is 5.32 Å². The Balaban J connectivity index is 1.38. The second kappa shape index (κ2) is 5.67. The minimum absolute atomic E-state index is 0.227. The number of fused-ring (bicyclic) bond motifs is 2. The highest BCUT2D eigenvalue weighted by molar-refractivity contribution is 7.10. The molecular weight excluding hydrogens is 331 g/mol. The van der Waals surface area contributed by atoms with Crippen molar-refractivity contribution in [1.82, 2.24) is 0 Å². The Morgan fingerprint density at radius 1 is 0.880 bits per heavy atom. The second-order valence-electron chi connectivity index (χ2n) is 6.27. The lowest BCUT2D eigenvalue weighted by atomic mass is 10.0. The van der Waals surface area contributed by atoms with E-state index in [-0.39, 0.29) is 5.82 Å². The molecule has 2 aliphatic rings. The van der Waals surface area contributed by atoms with Crippen LogP contribution in [0.2, 0.25) is 0 Å². The second-order valence-corrected chi connectivity index (χ2v) is 7.27. The smallest absolute Gasteiger partial charge is 0.123 e. The average Bonchev–Trinajstić information content (AvgIpc) is 3.30. The van der Waals surface area contributed by atoms with Crippen LogP contribution in [-0.4, -0.2) is 12.3 Å². The molecule has 0 fully saturated rings. The molecule has 0 amide bonds. The summed E-state index contributed by atoms with van der Waals surface area (Å²) < 4.78 is 13.0. The summed E-state index contributed by atoms with van der Waals surface area (Å²) in [6.45, 7) is 0.796. The molecule has 1 aliphatic carbocycles. The van der Waals surface area contributed by atoms with E-state index in [0.29, 0.717) is 0 Å². The number of rotatable bonds is 3. The van der Waals surface area contributed by atoms with Gasteiger partial charge in [0, 0.05) is 28.2 Å². The molecule has 0 saturated carbocycles. The molecule has 4 heteroatoms. The molecule has 1 aromatic heterocycles. The Labute approximate surface area is 149 Å². The molecule has 0 unspecified atom stereocenters. The average molecular weight is 346 g/mol. The third-order valence-corrected chi connectivity index (χ3v) is 5.67. The molecule has 1 aliphatic heterocycles. The number of benzene rings is 2. The summed E-state index contributed by atoms with van der Waals surface area (Å²) >= 11 is 1.84. The van der Waals surface area contributed by atoms with Crippen molar-refractivity contribution in [1.29, 1.82) is 0 Å². The van der Waals surface area contributed by atoms with E-state index < -0.39 is 0 Å². The van der Waals surface area contributed by atoms with Gasteiger partial charge in [0.15, 0.2) is 0 Å². The summed E-state index contributed by atoms with van der Waals surface area (Å²) in [6, 6.07) is 16.9. The van der Waals surface area contributed by atoms with Gasteiger partial charge in [0.2, 0.25) is 0 Å². The van der Waals surface area contributed by atoms with Crippen molar-refractivity contribution >= 4 is 34.0 Å². The van der Waals surface area contributed by atoms with Crippen molar-refractivity contribution in [3.8, 4) is 0 Å². The van der Waals surface area contributed by atoms with Gasteiger partial charge in [0.1, 0.15) is 5.82 Å². The van der Waals surface area contributed by atoms with Crippen molar-refractivity contribution < 1.29 is 4.39 Å². The molecule has 25 heavy (non-hydrogen) atoms. The molecule has 0 bridgehead atoms. The molecule has 0 saturated heterocycles. The Morgan fingerprint density at radius 2 is 1.60 bits per heavy atom. The zero-order valence-electron chi connectivity index (χ0n) is 13.4. The fourth-order valence-corrected chi connectivity index (χ4v) is 4.43. The van der Waals surface area contributed by atoms with Gasteiger partial charge in [-0.2, -0.15) is 0 Å². The first-order valence-electron chi connectivity index (χ1n) is 8.24. The quantitative estimate of drug-likeness (QED) is 0.670. The van der Waals surface area contributed by atoms with Crippen molar-refractivity contribution in [2.75, 3.05) is 11.9 Å². The third kappa shape index (κ3) is 2.50. The van der Waals surface area contributed by atoms with Gasteiger partial charge >= 0.3 is 0 Å². The molecule has 0 atom stereocenters. The summed E-state index contributed by atoms with van der Waals surface area (Å²) in [5.41, 5.74) is 8.33. The molecule has 2 aromatic carbocycles. The van der Waals surface area contributed by atoms with Crippen LogP contribution in [-0.2, 0) is 6.42 Å². The molecule has 3 aromatic rings. The van der Waals surface area contributed by atoms with E-state index in [9.17, 15) is 4.39 Å². The van der Waals surface area contributed by atoms with E-state index in [4.69, 9.17) is 4.99 Å². The van der Waals surface area contributed by atoms with Crippen LogP contribution in [0.25, 0.3) is 5.57 Å². The van der Waals surface area contributed by atoms with E-state index in [0.717, 1.165) is 35.6 Å². The fraction of sp³-hybridized carbons (Fsp3) is 0.0952. The number of thiophene rings is 1. The number of halogens is 1. The maximum absolute atomic E-state index is 13.0. The van der Waals surface area contributed by atoms with Crippen LogP contribution in [0.15, 0.2) is 70.5 Å². The number of anilines is 2. The number of aliphatic imine (C=N–C) groups is 1. The van der Waals surface area contributed by atoms with E-state index in [1.54, 1.807) is 12.1 Å². The van der Waals surface area contributed by atoms with Gasteiger partial charge in [-0.1, -0.05) is 12.1 Å². The SMILES string of the molecule is Fc1ccc(Nc2ccc(C3=NCC4=C3Cc3sccc34)cc2)cc1. The van der Waals surface area contributed by atoms with Gasteiger partial charge < -0.3 is 5.32 Å². The van der Waals surface area contributed by atoms with Crippen molar-refractivity contribution in [3.63, 3.8) is 0 Å². The highest BCUT2D eigenvalue weighted by Gasteiger charge is 2.29. The Bertz CT molecular complexity index is 1010. The summed E-state index contributed by atoms with van der Waals surface area (Å²) in [7, 11) is 0. The van der Waals surface area contributed by atoms with E-state index >= 15 is 0 Å². The van der Waals surface area contributed by atoms with Crippen LogP contribution in [0.3, 0.4) is 0 Å². The minimum Gasteiger partial charge on any atom is -0.356 e. The molecule has 2 heterocycles. The largest absolute Gasteiger partial charge is 0.356 e. The first-order valence-corrected chi connectivity index (χ1v) is 9.12. The van der Waals surface area contributed by atoms with Gasteiger partial charge in [-0.15, -0.1) is 11.3 Å². The maximum atomic E-state index is 13.0. The third-order valence-electron chi connectivity index (χ3n) is 4.74.